The number of carbonyl (C=O) groups is 2. The van der Waals surface area contributed by atoms with Crippen LogP contribution in [0.2, 0.25) is 0 Å². The molecule has 0 aliphatic carbocycles. The second-order valence-corrected chi connectivity index (χ2v) is 3.61. The van der Waals surface area contributed by atoms with Crippen LogP contribution >= 0.6 is 0 Å². The van der Waals surface area contributed by atoms with Crippen molar-refractivity contribution < 1.29 is 14.3 Å². The highest BCUT2D eigenvalue weighted by atomic mass is 16.5. The number of hydrogen-bond acceptors (Lipinski definition) is 4. The van der Waals surface area contributed by atoms with Gasteiger partial charge in [-0.1, -0.05) is 0 Å². The average Bonchev–Trinajstić information content (AvgIpc) is 2.70. The number of rotatable bonds is 4. The molecule has 1 fully saturated rings. The Morgan fingerprint density at radius 1 is 1.53 bits per heavy atom. The predicted octanol–water partition coefficient (Wildman–Crippen LogP) is -0.240. The standard InChI is InChI=1S/C10H18N2O3/c1-8(13)12(6-5-11-2)10(14)9-4-3-7-15-9/h9,11H,3-7H2,1-2H3. The zero-order chi connectivity index (χ0) is 11.3. The zero-order valence-corrected chi connectivity index (χ0v) is 9.28. The molecule has 0 aromatic carbocycles. The average molecular weight is 214 g/mol. The molecule has 0 spiro atoms. The van der Waals surface area contributed by atoms with Gasteiger partial charge in [0.2, 0.25) is 5.91 Å². The van der Waals surface area contributed by atoms with Crippen LogP contribution in [0.1, 0.15) is 19.8 Å². The molecule has 1 heterocycles. The van der Waals surface area contributed by atoms with Crippen LogP contribution in [0.25, 0.3) is 0 Å². The first-order chi connectivity index (χ1) is 7.16. The molecule has 2 amide bonds. The minimum Gasteiger partial charge on any atom is -0.368 e. The van der Waals surface area contributed by atoms with E-state index in [1.807, 2.05) is 0 Å². The molecule has 1 aliphatic rings. The van der Waals surface area contributed by atoms with Crippen molar-refractivity contribution in [2.45, 2.75) is 25.9 Å². The molecule has 1 unspecified atom stereocenters. The first-order valence-corrected chi connectivity index (χ1v) is 5.25. The molecule has 5 nitrogen and oxygen atoms in total. The van der Waals surface area contributed by atoms with E-state index in [0.717, 1.165) is 12.8 Å². The SMILES string of the molecule is CNCCN(C(C)=O)C(=O)C1CCCO1. The second-order valence-electron chi connectivity index (χ2n) is 3.61. The van der Waals surface area contributed by atoms with Crippen molar-refractivity contribution in [1.29, 1.82) is 0 Å². The largest absolute Gasteiger partial charge is 0.368 e. The summed E-state index contributed by atoms with van der Waals surface area (Å²) >= 11 is 0. The highest BCUT2D eigenvalue weighted by Crippen LogP contribution is 2.14. The van der Waals surface area contributed by atoms with Crippen molar-refractivity contribution in [3.8, 4) is 0 Å². The van der Waals surface area contributed by atoms with Crippen LogP contribution < -0.4 is 5.32 Å². The normalized spacial score (nSPS) is 20.3. The fourth-order valence-corrected chi connectivity index (χ4v) is 1.59. The second kappa shape index (κ2) is 5.82. The highest BCUT2D eigenvalue weighted by Gasteiger charge is 2.29. The third-order valence-electron chi connectivity index (χ3n) is 2.44. The summed E-state index contributed by atoms with van der Waals surface area (Å²) < 4.78 is 5.26. The summed E-state index contributed by atoms with van der Waals surface area (Å²) in [7, 11) is 1.79. The monoisotopic (exact) mass is 214 g/mol. The molecule has 1 saturated heterocycles. The quantitative estimate of drug-likeness (QED) is 0.701. The molecule has 1 atom stereocenters. The van der Waals surface area contributed by atoms with Gasteiger partial charge in [0.25, 0.3) is 5.91 Å². The van der Waals surface area contributed by atoms with Crippen LogP contribution in [0.5, 0.6) is 0 Å². The molecule has 0 saturated carbocycles. The minimum absolute atomic E-state index is 0.199. The molecule has 86 valence electrons. The Labute approximate surface area is 89.8 Å². The minimum atomic E-state index is -0.411. The van der Waals surface area contributed by atoms with Crippen LogP contribution in [-0.4, -0.2) is 49.6 Å². The van der Waals surface area contributed by atoms with Gasteiger partial charge in [-0.15, -0.1) is 0 Å². The summed E-state index contributed by atoms with van der Waals surface area (Å²) in [6, 6.07) is 0. The molecular formula is C10H18N2O3. The van der Waals surface area contributed by atoms with Gasteiger partial charge in [-0.25, -0.2) is 0 Å². The summed E-state index contributed by atoms with van der Waals surface area (Å²) in [5.74, 6) is -0.416. The number of imide groups is 1. The van der Waals surface area contributed by atoms with Crippen LogP contribution in [-0.2, 0) is 14.3 Å². The lowest BCUT2D eigenvalue weighted by Gasteiger charge is -2.21. The maximum atomic E-state index is 11.8. The Morgan fingerprint density at radius 3 is 2.73 bits per heavy atom. The van der Waals surface area contributed by atoms with Gasteiger partial charge in [-0.05, 0) is 19.9 Å². The first kappa shape index (κ1) is 12.1. The number of carbonyl (C=O) groups excluding carboxylic acids is 2. The zero-order valence-electron chi connectivity index (χ0n) is 9.28. The summed E-state index contributed by atoms with van der Waals surface area (Å²) in [5, 5.41) is 2.91. The van der Waals surface area contributed by atoms with Crippen molar-refractivity contribution >= 4 is 11.8 Å². The number of likely N-dealkylation sites (N-methyl/N-ethyl adjacent to an activating group) is 1. The number of amides is 2. The van der Waals surface area contributed by atoms with E-state index in [9.17, 15) is 9.59 Å². The Hall–Kier alpha value is -0.940. The fraction of sp³-hybridized carbons (Fsp3) is 0.800. The molecule has 1 aliphatic heterocycles. The lowest BCUT2D eigenvalue weighted by atomic mass is 10.2. The molecule has 5 heteroatoms. The van der Waals surface area contributed by atoms with E-state index in [-0.39, 0.29) is 11.8 Å². The van der Waals surface area contributed by atoms with Gasteiger partial charge in [0.1, 0.15) is 6.10 Å². The molecule has 1 N–H and O–H groups in total. The van der Waals surface area contributed by atoms with E-state index in [0.29, 0.717) is 19.7 Å². The van der Waals surface area contributed by atoms with E-state index < -0.39 is 6.10 Å². The molecule has 15 heavy (non-hydrogen) atoms. The Bertz CT molecular complexity index is 237. The Morgan fingerprint density at radius 2 is 2.27 bits per heavy atom. The molecule has 0 radical (unpaired) electrons. The fourth-order valence-electron chi connectivity index (χ4n) is 1.59. The van der Waals surface area contributed by atoms with Gasteiger partial charge in [0, 0.05) is 26.6 Å². The smallest absolute Gasteiger partial charge is 0.258 e. The van der Waals surface area contributed by atoms with Crippen molar-refractivity contribution in [1.82, 2.24) is 10.2 Å². The lowest BCUT2D eigenvalue weighted by Crippen LogP contribution is -2.44. The molecule has 0 bridgehead atoms. The molecule has 0 aromatic rings. The van der Waals surface area contributed by atoms with E-state index in [1.165, 1.54) is 11.8 Å². The van der Waals surface area contributed by atoms with Crippen molar-refractivity contribution in [2.75, 3.05) is 26.7 Å². The lowest BCUT2D eigenvalue weighted by molar-refractivity contribution is -0.149. The molecular weight excluding hydrogens is 196 g/mol. The number of ether oxygens (including phenoxy) is 1. The molecule has 0 aromatic heterocycles. The van der Waals surface area contributed by atoms with Crippen molar-refractivity contribution in [3.05, 3.63) is 0 Å². The third kappa shape index (κ3) is 3.28. The summed E-state index contributed by atoms with van der Waals surface area (Å²) in [4.78, 5) is 24.4. The van der Waals surface area contributed by atoms with Crippen LogP contribution in [0, 0.1) is 0 Å². The van der Waals surface area contributed by atoms with Gasteiger partial charge >= 0.3 is 0 Å². The summed E-state index contributed by atoms with van der Waals surface area (Å²) in [6.07, 6.45) is 1.21. The Balaban J connectivity index is 2.53. The van der Waals surface area contributed by atoms with Gasteiger partial charge in [0.05, 0.1) is 0 Å². The van der Waals surface area contributed by atoms with E-state index in [2.05, 4.69) is 5.32 Å². The van der Waals surface area contributed by atoms with Crippen molar-refractivity contribution in [3.63, 3.8) is 0 Å². The number of nitrogens with zero attached hydrogens (tertiary/aromatic N) is 1. The number of hydrogen-bond donors (Lipinski definition) is 1. The third-order valence-corrected chi connectivity index (χ3v) is 2.44. The van der Waals surface area contributed by atoms with Gasteiger partial charge in [0.15, 0.2) is 0 Å². The van der Waals surface area contributed by atoms with E-state index >= 15 is 0 Å². The van der Waals surface area contributed by atoms with Gasteiger partial charge in [-0.3, -0.25) is 14.5 Å². The van der Waals surface area contributed by atoms with Gasteiger partial charge < -0.3 is 10.1 Å². The first-order valence-electron chi connectivity index (χ1n) is 5.25. The predicted molar refractivity (Wildman–Crippen MR) is 55.3 cm³/mol. The molecule has 1 rings (SSSR count). The van der Waals surface area contributed by atoms with Crippen LogP contribution in [0.4, 0.5) is 0 Å². The van der Waals surface area contributed by atoms with E-state index in [4.69, 9.17) is 4.74 Å². The van der Waals surface area contributed by atoms with Crippen LogP contribution in [0.3, 0.4) is 0 Å². The maximum Gasteiger partial charge on any atom is 0.258 e. The summed E-state index contributed by atoms with van der Waals surface area (Å²) in [5.41, 5.74) is 0. The van der Waals surface area contributed by atoms with E-state index in [1.54, 1.807) is 7.05 Å². The summed E-state index contributed by atoms with van der Waals surface area (Å²) in [6.45, 7) is 3.04. The topological polar surface area (TPSA) is 58.6 Å². The number of nitrogens with one attached hydrogen (secondary N) is 1. The highest BCUT2D eigenvalue weighted by molar-refractivity contribution is 5.96. The van der Waals surface area contributed by atoms with Gasteiger partial charge in [-0.2, -0.15) is 0 Å². The van der Waals surface area contributed by atoms with Crippen molar-refractivity contribution in [2.24, 2.45) is 0 Å². The van der Waals surface area contributed by atoms with Crippen LogP contribution in [0.15, 0.2) is 0 Å². The maximum absolute atomic E-state index is 11.8. The Kier molecular flexibility index (Phi) is 4.71.